The predicted octanol–water partition coefficient (Wildman–Crippen LogP) is 4.38. The largest absolute Gasteiger partial charge is 0.352 e. The Morgan fingerprint density at radius 2 is 1.41 bits per heavy atom. The molecule has 3 aromatic carbocycles. The lowest BCUT2D eigenvalue weighted by Crippen LogP contribution is -2.24. The first-order valence-corrected chi connectivity index (χ1v) is 11.4. The zero-order valence-corrected chi connectivity index (χ0v) is 19.5. The molecule has 1 aromatic heterocycles. The number of aromatic amines is 1. The molecular formula is C25H22N6O6. The quantitative estimate of drug-likeness (QED) is 0.164. The Balaban J connectivity index is 1.25. The Labute approximate surface area is 210 Å². The smallest absolute Gasteiger partial charge is 0.269 e. The van der Waals surface area contributed by atoms with Crippen LogP contribution in [0.3, 0.4) is 0 Å². The predicted molar refractivity (Wildman–Crippen MR) is 136 cm³/mol. The molecule has 0 unspecified atom stereocenters. The summed E-state index contributed by atoms with van der Waals surface area (Å²) in [7, 11) is 0. The number of carbonyl (C=O) groups excluding carboxylic acids is 2. The number of unbranched alkanes of at least 4 members (excludes halogenated alkanes) is 1. The number of hydrogen-bond donors (Lipinski definition) is 3. The summed E-state index contributed by atoms with van der Waals surface area (Å²) in [4.78, 5) is 52.8. The molecule has 0 fully saturated rings. The van der Waals surface area contributed by atoms with E-state index in [2.05, 4.69) is 20.6 Å². The minimum Gasteiger partial charge on any atom is -0.352 e. The zero-order valence-electron chi connectivity index (χ0n) is 19.5. The lowest BCUT2D eigenvalue weighted by atomic mass is 10.2. The van der Waals surface area contributed by atoms with Gasteiger partial charge in [0.05, 0.1) is 20.9 Å². The summed E-state index contributed by atoms with van der Waals surface area (Å²) >= 11 is 0. The molecule has 12 nitrogen and oxygen atoms in total. The molecule has 1 heterocycles. The molecule has 188 valence electrons. The Kier molecular flexibility index (Phi) is 7.48. The van der Waals surface area contributed by atoms with Crippen LogP contribution in [0, 0.1) is 20.2 Å². The van der Waals surface area contributed by atoms with Crippen molar-refractivity contribution in [1.29, 1.82) is 0 Å². The lowest BCUT2D eigenvalue weighted by molar-refractivity contribution is -0.385. The second-order valence-corrected chi connectivity index (χ2v) is 8.19. The molecule has 2 amide bonds. The van der Waals surface area contributed by atoms with Gasteiger partial charge in [0.15, 0.2) is 0 Å². The van der Waals surface area contributed by atoms with Gasteiger partial charge in [0.2, 0.25) is 0 Å². The van der Waals surface area contributed by atoms with Gasteiger partial charge in [-0.25, -0.2) is 4.98 Å². The van der Waals surface area contributed by atoms with Gasteiger partial charge in [-0.3, -0.25) is 29.8 Å². The van der Waals surface area contributed by atoms with Crippen molar-refractivity contribution < 1.29 is 19.4 Å². The average molecular weight is 502 g/mol. The molecule has 4 rings (SSSR count). The summed E-state index contributed by atoms with van der Waals surface area (Å²) < 4.78 is 0. The molecule has 0 atom stereocenters. The lowest BCUT2D eigenvalue weighted by Gasteiger charge is -2.05. The highest BCUT2D eigenvalue weighted by molar-refractivity contribution is 6.05. The SMILES string of the molecule is O=C(NCCCCc1nc2ccc(NC(=O)c3ccc([N+](=O)[O-])cc3)cc2[nH]1)c1ccc([N+](=O)[O-])cc1. The van der Waals surface area contributed by atoms with E-state index in [0.717, 1.165) is 23.3 Å². The first-order valence-electron chi connectivity index (χ1n) is 11.4. The van der Waals surface area contributed by atoms with Crippen molar-refractivity contribution in [3.63, 3.8) is 0 Å². The zero-order chi connectivity index (χ0) is 26.4. The number of aryl methyl sites for hydroxylation is 1. The van der Waals surface area contributed by atoms with Crippen molar-refractivity contribution in [3.05, 3.63) is 104 Å². The molecule has 3 N–H and O–H groups in total. The normalized spacial score (nSPS) is 10.7. The third kappa shape index (κ3) is 6.31. The Morgan fingerprint density at radius 3 is 2.00 bits per heavy atom. The van der Waals surface area contributed by atoms with Gasteiger partial charge < -0.3 is 15.6 Å². The molecule has 12 heteroatoms. The van der Waals surface area contributed by atoms with E-state index in [0.29, 0.717) is 36.2 Å². The number of imidazole rings is 1. The van der Waals surface area contributed by atoms with Crippen LogP contribution in [0.15, 0.2) is 66.7 Å². The van der Waals surface area contributed by atoms with Crippen molar-refractivity contribution in [1.82, 2.24) is 15.3 Å². The summed E-state index contributed by atoms with van der Waals surface area (Å²) in [6.45, 7) is 0.453. The fourth-order valence-corrected chi connectivity index (χ4v) is 3.65. The van der Waals surface area contributed by atoms with E-state index in [9.17, 15) is 29.8 Å². The van der Waals surface area contributed by atoms with Crippen molar-refractivity contribution >= 4 is 39.9 Å². The number of nitrogens with zero attached hydrogens (tertiary/aromatic N) is 3. The summed E-state index contributed by atoms with van der Waals surface area (Å²) in [6.07, 6.45) is 2.14. The number of hydrogen-bond acceptors (Lipinski definition) is 7. The molecular weight excluding hydrogens is 480 g/mol. The second-order valence-electron chi connectivity index (χ2n) is 8.19. The maximum Gasteiger partial charge on any atom is 0.269 e. The van der Waals surface area contributed by atoms with E-state index < -0.39 is 9.85 Å². The van der Waals surface area contributed by atoms with Gasteiger partial charge in [-0.2, -0.15) is 0 Å². The molecule has 0 aliphatic carbocycles. The molecule has 4 aromatic rings. The van der Waals surface area contributed by atoms with Gasteiger partial charge in [0.25, 0.3) is 23.2 Å². The van der Waals surface area contributed by atoms with Crippen LogP contribution in [0.5, 0.6) is 0 Å². The molecule has 0 saturated carbocycles. The van der Waals surface area contributed by atoms with Crippen LogP contribution >= 0.6 is 0 Å². The van der Waals surface area contributed by atoms with Gasteiger partial charge >= 0.3 is 0 Å². The van der Waals surface area contributed by atoms with Crippen LogP contribution in [0.4, 0.5) is 17.1 Å². The number of aromatic nitrogens is 2. The van der Waals surface area contributed by atoms with Crippen molar-refractivity contribution in [3.8, 4) is 0 Å². The van der Waals surface area contributed by atoms with E-state index in [-0.39, 0.29) is 23.2 Å². The van der Waals surface area contributed by atoms with E-state index in [1.807, 2.05) is 0 Å². The molecule has 0 bridgehead atoms. The minimum atomic E-state index is -0.524. The second kappa shape index (κ2) is 11.1. The number of non-ortho nitro benzene ring substituents is 2. The van der Waals surface area contributed by atoms with Crippen LogP contribution in [0.25, 0.3) is 11.0 Å². The molecule has 0 saturated heterocycles. The van der Waals surface area contributed by atoms with Crippen molar-refractivity contribution in [2.45, 2.75) is 19.3 Å². The summed E-state index contributed by atoms with van der Waals surface area (Å²) in [5.41, 5.74) is 2.56. The van der Waals surface area contributed by atoms with Crippen LogP contribution in [-0.2, 0) is 6.42 Å². The number of amides is 2. The Hall–Kier alpha value is -5.13. The van der Waals surface area contributed by atoms with Crippen LogP contribution in [0.2, 0.25) is 0 Å². The van der Waals surface area contributed by atoms with Gasteiger partial charge in [0.1, 0.15) is 5.82 Å². The maximum absolute atomic E-state index is 12.5. The topological polar surface area (TPSA) is 173 Å². The summed E-state index contributed by atoms with van der Waals surface area (Å²) in [5, 5.41) is 27.0. The standard InChI is InChI=1S/C25H22N6O6/c32-24(16-4-9-19(10-5-16)30(34)35)26-14-2-1-3-23-28-21-13-8-18(15-22(21)29-23)27-25(33)17-6-11-20(12-7-17)31(36)37/h4-13,15H,1-3,14H2,(H,26,32)(H,27,33)(H,28,29). The number of anilines is 1. The monoisotopic (exact) mass is 502 g/mol. The minimum absolute atomic E-state index is 0.0682. The van der Waals surface area contributed by atoms with Crippen LogP contribution in [-0.4, -0.2) is 38.2 Å². The van der Waals surface area contributed by atoms with Gasteiger partial charge in [-0.1, -0.05) is 0 Å². The van der Waals surface area contributed by atoms with Gasteiger partial charge in [-0.05, 0) is 55.3 Å². The molecule has 0 radical (unpaired) electrons. The molecule has 0 spiro atoms. The molecule has 37 heavy (non-hydrogen) atoms. The molecule has 0 aliphatic rings. The highest BCUT2D eigenvalue weighted by Gasteiger charge is 2.12. The third-order valence-electron chi connectivity index (χ3n) is 5.60. The van der Waals surface area contributed by atoms with E-state index >= 15 is 0 Å². The number of nitrogens with one attached hydrogen (secondary N) is 3. The fourth-order valence-electron chi connectivity index (χ4n) is 3.65. The number of benzene rings is 3. The number of carbonyl (C=O) groups is 2. The third-order valence-corrected chi connectivity index (χ3v) is 5.60. The van der Waals surface area contributed by atoms with Crippen LogP contribution < -0.4 is 10.6 Å². The Morgan fingerprint density at radius 1 is 0.811 bits per heavy atom. The van der Waals surface area contributed by atoms with E-state index in [1.165, 1.54) is 48.5 Å². The van der Waals surface area contributed by atoms with Crippen molar-refractivity contribution in [2.75, 3.05) is 11.9 Å². The van der Waals surface area contributed by atoms with Gasteiger partial charge in [-0.15, -0.1) is 0 Å². The number of rotatable bonds is 10. The fraction of sp³-hybridized carbons (Fsp3) is 0.160. The highest BCUT2D eigenvalue weighted by Crippen LogP contribution is 2.20. The first kappa shape index (κ1) is 25.0. The average Bonchev–Trinajstić information content (AvgIpc) is 3.30. The van der Waals surface area contributed by atoms with E-state index in [1.54, 1.807) is 18.2 Å². The number of fused-ring (bicyclic) bond motifs is 1. The highest BCUT2D eigenvalue weighted by atomic mass is 16.6. The van der Waals surface area contributed by atoms with Gasteiger partial charge in [0, 0.05) is 54.0 Å². The van der Waals surface area contributed by atoms with Crippen LogP contribution in [0.1, 0.15) is 39.4 Å². The maximum atomic E-state index is 12.5. The van der Waals surface area contributed by atoms with E-state index in [4.69, 9.17) is 0 Å². The Bertz CT molecular complexity index is 1460. The number of H-pyrrole nitrogens is 1. The summed E-state index contributed by atoms with van der Waals surface area (Å²) in [6, 6.07) is 16.1. The van der Waals surface area contributed by atoms with Crippen molar-refractivity contribution in [2.24, 2.45) is 0 Å². The number of nitro benzene ring substituents is 2. The first-order chi connectivity index (χ1) is 17.8. The number of nitro groups is 2. The summed E-state index contributed by atoms with van der Waals surface area (Å²) in [5.74, 6) is 0.0993. The molecule has 0 aliphatic heterocycles.